The van der Waals surface area contributed by atoms with Gasteiger partial charge < -0.3 is 0 Å². The summed E-state index contributed by atoms with van der Waals surface area (Å²) in [7, 11) is 0. The number of hydrogen-bond donors (Lipinski definition) is 0. The molecule has 2 aromatic carbocycles. The van der Waals surface area contributed by atoms with E-state index in [-0.39, 0.29) is 15.6 Å². The van der Waals surface area contributed by atoms with Crippen molar-refractivity contribution < 1.29 is 0 Å². The van der Waals surface area contributed by atoms with E-state index in [1.165, 1.54) is 16.7 Å². The third kappa shape index (κ3) is 2.73. The molecule has 0 unspecified atom stereocenters. The Bertz CT molecular complexity index is 685. The van der Waals surface area contributed by atoms with Gasteiger partial charge in [0.2, 0.25) is 0 Å². The van der Waals surface area contributed by atoms with Gasteiger partial charge in [0, 0.05) is 4.91 Å². The minimum absolute atomic E-state index is 0.168. The fraction of sp³-hybridized carbons (Fsp3) is 0.391. The van der Waals surface area contributed by atoms with Gasteiger partial charge in [-0.3, -0.25) is 0 Å². The van der Waals surface area contributed by atoms with Crippen molar-refractivity contribution in [2.45, 2.75) is 46.3 Å². The molecule has 0 aromatic heterocycles. The van der Waals surface area contributed by atoms with Crippen molar-refractivity contribution in [2.75, 3.05) is 0 Å². The Morgan fingerprint density at radius 1 is 0.667 bits per heavy atom. The summed E-state index contributed by atoms with van der Waals surface area (Å²) in [6, 6.07) is 21.7. The summed E-state index contributed by atoms with van der Waals surface area (Å²) in [6.07, 6.45) is 0. The lowest BCUT2D eigenvalue weighted by Crippen LogP contribution is -2.40. The summed E-state index contributed by atoms with van der Waals surface area (Å²) < 4.78 is 0.168. The zero-order valence-corrected chi connectivity index (χ0v) is 16.5. The Hall–Kier alpha value is -1.47. The monoisotopic (exact) mass is 336 g/mol. The van der Waals surface area contributed by atoms with E-state index in [1.807, 2.05) is 0 Å². The lowest BCUT2D eigenvalue weighted by Gasteiger charge is -2.40. The van der Waals surface area contributed by atoms with E-state index in [0.29, 0.717) is 0 Å². The topological polar surface area (TPSA) is 0 Å². The zero-order chi connectivity index (χ0) is 17.6. The normalized spacial score (nSPS) is 16.8. The highest BCUT2D eigenvalue weighted by Crippen LogP contribution is 2.76. The molecule has 0 bridgehead atoms. The molecule has 0 N–H and O–H groups in total. The van der Waals surface area contributed by atoms with Gasteiger partial charge >= 0.3 is 0 Å². The van der Waals surface area contributed by atoms with E-state index >= 15 is 0 Å². The smallest absolute Gasteiger partial charge is 0.0615 e. The van der Waals surface area contributed by atoms with Crippen LogP contribution in [-0.4, -0.2) is 4.75 Å². The van der Waals surface area contributed by atoms with Crippen LogP contribution >= 0.6 is 11.8 Å². The summed E-state index contributed by atoms with van der Waals surface area (Å²) in [6.45, 7) is 14.3. The first kappa shape index (κ1) is 17.4. The Labute approximate surface area is 151 Å². The largest absolute Gasteiger partial charge is 0.115 e. The third-order valence-corrected chi connectivity index (χ3v) is 7.24. The van der Waals surface area contributed by atoms with E-state index in [2.05, 4.69) is 114 Å². The Morgan fingerprint density at radius 2 is 1.04 bits per heavy atom. The molecule has 0 nitrogen and oxygen atoms in total. The number of thioether (sulfide) groups is 1. The maximum absolute atomic E-state index is 2.38. The van der Waals surface area contributed by atoms with E-state index in [4.69, 9.17) is 0 Å². The summed E-state index contributed by atoms with van der Waals surface area (Å²) in [5.74, 6) is 0. The first-order valence-electron chi connectivity index (χ1n) is 8.73. The van der Waals surface area contributed by atoms with Crippen molar-refractivity contribution in [3.05, 3.63) is 76.7 Å². The molecule has 1 aliphatic heterocycles. The molecule has 1 heteroatoms. The van der Waals surface area contributed by atoms with Gasteiger partial charge in [0.05, 0.1) is 4.75 Å². The van der Waals surface area contributed by atoms with Gasteiger partial charge in [0.15, 0.2) is 0 Å². The molecule has 1 heterocycles. The number of hydrogen-bond acceptors (Lipinski definition) is 1. The molecule has 0 spiro atoms. The third-order valence-electron chi connectivity index (χ3n) is 5.00. The molecule has 0 saturated carbocycles. The first-order valence-corrected chi connectivity index (χ1v) is 9.55. The first-order chi connectivity index (χ1) is 11.2. The molecule has 1 saturated heterocycles. The fourth-order valence-corrected chi connectivity index (χ4v) is 6.03. The predicted octanol–water partition coefficient (Wildman–Crippen LogP) is 7.02. The van der Waals surface area contributed by atoms with E-state index in [9.17, 15) is 0 Å². The molecule has 24 heavy (non-hydrogen) atoms. The standard InChI is InChI=1S/C23H28S/c1-21(2,3)23(22(4,5)6)20(24-23)19(17-13-9-7-10-14-17)18-15-11-8-12-16-18/h7-16H,1-6H3. The van der Waals surface area contributed by atoms with E-state index in [0.717, 1.165) is 0 Å². The molecule has 0 amide bonds. The molecular formula is C23H28S. The van der Waals surface area contributed by atoms with Gasteiger partial charge in [-0.15, -0.1) is 11.8 Å². The van der Waals surface area contributed by atoms with Crippen molar-refractivity contribution in [2.24, 2.45) is 10.8 Å². The van der Waals surface area contributed by atoms with Gasteiger partial charge in [-0.25, -0.2) is 0 Å². The number of rotatable bonds is 2. The molecule has 1 fully saturated rings. The van der Waals surface area contributed by atoms with Crippen LogP contribution in [0.3, 0.4) is 0 Å². The van der Waals surface area contributed by atoms with Gasteiger partial charge in [-0.1, -0.05) is 102 Å². The zero-order valence-electron chi connectivity index (χ0n) is 15.7. The molecule has 126 valence electrons. The Kier molecular flexibility index (Phi) is 4.20. The second kappa shape index (κ2) is 5.81. The molecule has 0 atom stereocenters. The van der Waals surface area contributed by atoms with E-state index in [1.54, 1.807) is 4.91 Å². The second-order valence-electron chi connectivity index (χ2n) is 8.72. The molecule has 2 aromatic rings. The maximum atomic E-state index is 2.38. The van der Waals surface area contributed by atoms with E-state index < -0.39 is 0 Å². The molecule has 3 rings (SSSR count). The van der Waals surface area contributed by atoms with Crippen LogP contribution in [0.25, 0.3) is 5.57 Å². The van der Waals surface area contributed by atoms with Gasteiger partial charge in [0.1, 0.15) is 0 Å². The Balaban J connectivity index is 2.26. The molecule has 0 radical (unpaired) electrons. The summed E-state index contributed by atoms with van der Waals surface area (Å²) in [4.78, 5) is 1.54. The van der Waals surface area contributed by atoms with Crippen LogP contribution in [-0.2, 0) is 0 Å². The minimum Gasteiger partial charge on any atom is -0.115 e. The van der Waals surface area contributed by atoms with Gasteiger partial charge in [-0.2, -0.15) is 0 Å². The van der Waals surface area contributed by atoms with Gasteiger partial charge in [0.25, 0.3) is 0 Å². The van der Waals surface area contributed by atoms with Crippen molar-refractivity contribution in [3.63, 3.8) is 0 Å². The summed E-state index contributed by atoms with van der Waals surface area (Å²) in [5.41, 5.74) is 4.47. The van der Waals surface area contributed by atoms with Crippen molar-refractivity contribution >= 4 is 17.3 Å². The maximum Gasteiger partial charge on any atom is 0.0615 e. The summed E-state index contributed by atoms with van der Waals surface area (Å²) in [5, 5.41) is 0. The van der Waals surface area contributed by atoms with Crippen molar-refractivity contribution in [1.29, 1.82) is 0 Å². The lowest BCUT2D eigenvalue weighted by atomic mass is 9.65. The molecule has 0 aliphatic carbocycles. The lowest BCUT2D eigenvalue weighted by molar-refractivity contribution is 0.202. The molecule has 1 aliphatic rings. The van der Waals surface area contributed by atoms with Crippen LogP contribution in [0.15, 0.2) is 65.6 Å². The average Bonchev–Trinajstić information content (AvgIpc) is 3.26. The van der Waals surface area contributed by atoms with Crippen molar-refractivity contribution in [3.8, 4) is 0 Å². The van der Waals surface area contributed by atoms with Crippen LogP contribution in [0.5, 0.6) is 0 Å². The van der Waals surface area contributed by atoms with Crippen LogP contribution in [0, 0.1) is 10.8 Å². The van der Waals surface area contributed by atoms with Crippen molar-refractivity contribution in [1.82, 2.24) is 0 Å². The Morgan fingerprint density at radius 3 is 1.33 bits per heavy atom. The fourth-order valence-electron chi connectivity index (χ4n) is 4.11. The molecular weight excluding hydrogens is 308 g/mol. The highest BCUT2D eigenvalue weighted by molar-refractivity contribution is 8.13. The van der Waals surface area contributed by atoms with Crippen LogP contribution in [0.2, 0.25) is 0 Å². The van der Waals surface area contributed by atoms with Crippen LogP contribution < -0.4 is 0 Å². The summed E-state index contributed by atoms with van der Waals surface area (Å²) >= 11 is 2.08. The number of benzene rings is 2. The van der Waals surface area contributed by atoms with Crippen LogP contribution in [0.4, 0.5) is 0 Å². The highest BCUT2D eigenvalue weighted by atomic mass is 32.2. The average molecular weight is 337 g/mol. The van der Waals surface area contributed by atoms with Gasteiger partial charge in [-0.05, 0) is 27.5 Å². The second-order valence-corrected chi connectivity index (χ2v) is 9.94. The highest BCUT2D eigenvalue weighted by Gasteiger charge is 2.65. The van der Waals surface area contributed by atoms with Crippen LogP contribution in [0.1, 0.15) is 52.7 Å². The quantitative estimate of drug-likeness (QED) is 0.531. The SMILES string of the molecule is CC(C)(C)C1(C(C)(C)C)SC1=C(c1ccccc1)c1ccccc1. The predicted molar refractivity (Wildman–Crippen MR) is 108 cm³/mol. The minimum atomic E-state index is 0.168.